The molecule has 0 saturated heterocycles. The van der Waals surface area contributed by atoms with Crippen LogP contribution in [0.1, 0.15) is 66.7 Å². The van der Waals surface area contributed by atoms with Crippen molar-refractivity contribution in [3.05, 3.63) is 70.4 Å². The third kappa shape index (κ3) is 5.69. The van der Waals surface area contributed by atoms with Gasteiger partial charge in [-0.05, 0) is 69.2 Å². The Kier molecular flexibility index (Phi) is 7.97. The number of nitrogens with one attached hydrogen (secondary N) is 1. The lowest BCUT2D eigenvalue weighted by Crippen LogP contribution is -2.38. The Labute approximate surface area is 221 Å². The third-order valence-electron chi connectivity index (χ3n) is 6.55. The van der Waals surface area contributed by atoms with Crippen molar-refractivity contribution in [1.82, 2.24) is 4.90 Å². The molecule has 0 radical (unpaired) electrons. The van der Waals surface area contributed by atoms with Crippen molar-refractivity contribution in [2.24, 2.45) is 0 Å². The van der Waals surface area contributed by atoms with Crippen LogP contribution in [0.15, 0.2) is 59.3 Å². The summed E-state index contributed by atoms with van der Waals surface area (Å²) in [7, 11) is 1.82. The van der Waals surface area contributed by atoms with Crippen molar-refractivity contribution in [3.63, 3.8) is 0 Å². The average Bonchev–Trinajstić information content (AvgIpc) is 3.11. The van der Waals surface area contributed by atoms with Crippen LogP contribution in [0.25, 0.3) is 0 Å². The lowest BCUT2D eigenvalue weighted by molar-refractivity contribution is -0.120. The molecule has 0 aromatic heterocycles. The zero-order valence-corrected chi connectivity index (χ0v) is 21.9. The molecule has 0 unspecified atom stereocenters. The van der Waals surface area contributed by atoms with Gasteiger partial charge in [0, 0.05) is 24.3 Å². The van der Waals surface area contributed by atoms with Crippen LogP contribution in [0, 0.1) is 0 Å². The topological polar surface area (TPSA) is 96.0 Å². The van der Waals surface area contributed by atoms with E-state index in [0.29, 0.717) is 16.8 Å². The second-order valence-electron chi connectivity index (χ2n) is 9.55. The Morgan fingerprint density at radius 3 is 2.32 bits per heavy atom. The maximum Gasteiger partial charge on any atom is 0.338 e. The molecule has 2 aromatic rings. The highest BCUT2D eigenvalue weighted by Crippen LogP contribution is 2.31. The lowest BCUT2D eigenvalue weighted by atomic mass is 9.94. The fourth-order valence-electron chi connectivity index (χ4n) is 4.59. The van der Waals surface area contributed by atoms with Crippen molar-refractivity contribution in [1.29, 1.82) is 0 Å². The van der Waals surface area contributed by atoms with Gasteiger partial charge >= 0.3 is 5.97 Å². The second kappa shape index (κ2) is 11.2. The van der Waals surface area contributed by atoms with Gasteiger partial charge in [0.25, 0.3) is 17.7 Å². The molecule has 8 nitrogen and oxygen atoms in total. The number of amides is 3. The van der Waals surface area contributed by atoms with E-state index >= 15 is 0 Å². The first kappa shape index (κ1) is 26.4. The summed E-state index contributed by atoms with van der Waals surface area (Å²) in [4.78, 5) is 53.9. The van der Waals surface area contributed by atoms with Gasteiger partial charge in [-0.3, -0.25) is 14.4 Å². The molecular weight excluding hydrogens is 494 g/mol. The largest absolute Gasteiger partial charge is 0.459 e. The number of halogens is 1. The van der Waals surface area contributed by atoms with Gasteiger partial charge in [0.1, 0.15) is 10.7 Å². The number of benzene rings is 2. The van der Waals surface area contributed by atoms with Gasteiger partial charge in [-0.1, -0.05) is 36.9 Å². The smallest absolute Gasteiger partial charge is 0.338 e. The predicted octanol–water partition coefficient (Wildman–Crippen LogP) is 5.09. The first-order valence-corrected chi connectivity index (χ1v) is 12.8. The highest BCUT2D eigenvalue weighted by atomic mass is 35.5. The molecule has 2 aliphatic rings. The summed E-state index contributed by atoms with van der Waals surface area (Å²) >= 11 is 6.27. The molecule has 1 N–H and O–H groups in total. The van der Waals surface area contributed by atoms with Crippen LogP contribution in [-0.4, -0.2) is 47.8 Å². The van der Waals surface area contributed by atoms with E-state index in [9.17, 15) is 19.2 Å². The Bertz CT molecular complexity index is 1250. The fourth-order valence-corrected chi connectivity index (χ4v) is 4.80. The van der Waals surface area contributed by atoms with Gasteiger partial charge in [-0.15, -0.1) is 0 Å². The Balaban J connectivity index is 1.49. The monoisotopic (exact) mass is 523 g/mol. The standard InChI is InChI=1S/C28H30ClN3O5/c1-17(2)37-28(36)18-12-14-22(15-13-18)32-26(34)23(29)24(27(32)35)30-20-9-7-8-19(16-20)25(33)31(3)21-10-5-4-6-11-21/h7-9,12-17,21,30H,4-6,10-11H2,1-3H3. The number of anilines is 2. The van der Waals surface area contributed by atoms with Crippen LogP contribution >= 0.6 is 11.6 Å². The third-order valence-corrected chi connectivity index (χ3v) is 6.90. The summed E-state index contributed by atoms with van der Waals surface area (Å²) in [5.74, 6) is -1.91. The van der Waals surface area contributed by atoms with Gasteiger partial charge < -0.3 is 15.0 Å². The zero-order chi connectivity index (χ0) is 26.7. The molecule has 0 atom stereocenters. The first-order valence-electron chi connectivity index (χ1n) is 12.4. The Morgan fingerprint density at radius 1 is 1.00 bits per heavy atom. The van der Waals surface area contributed by atoms with E-state index in [1.165, 1.54) is 30.7 Å². The molecule has 1 fully saturated rings. The quantitative estimate of drug-likeness (QED) is 0.401. The van der Waals surface area contributed by atoms with E-state index in [0.717, 1.165) is 30.6 Å². The molecule has 1 aliphatic carbocycles. The summed E-state index contributed by atoms with van der Waals surface area (Å²) in [6, 6.07) is 12.9. The van der Waals surface area contributed by atoms with Crippen molar-refractivity contribution < 1.29 is 23.9 Å². The van der Waals surface area contributed by atoms with E-state index in [-0.39, 0.29) is 34.5 Å². The van der Waals surface area contributed by atoms with Crippen molar-refractivity contribution >= 4 is 46.7 Å². The van der Waals surface area contributed by atoms with Crippen LogP contribution in [0.3, 0.4) is 0 Å². The maximum absolute atomic E-state index is 13.2. The zero-order valence-electron chi connectivity index (χ0n) is 21.1. The van der Waals surface area contributed by atoms with E-state index in [4.69, 9.17) is 16.3 Å². The highest BCUT2D eigenvalue weighted by molar-refractivity contribution is 6.53. The molecule has 1 heterocycles. The molecular formula is C28H30ClN3O5. The number of carbonyl (C=O) groups is 4. The maximum atomic E-state index is 13.2. The average molecular weight is 524 g/mol. The Hall–Kier alpha value is -3.65. The van der Waals surface area contributed by atoms with Crippen LogP contribution in [0.4, 0.5) is 11.4 Å². The Morgan fingerprint density at radius 2 is 1.68 bits per heavy atom. The van der Waals surface area contributed by atoms with E-state index in [1.54, 1.807) is 43.0 Å². The summed E-state index contributed by atoms with van der Waals surface area (Å²) in [6.45, 7) is 3.49. The molecule has 0 spiro atoms. The highest BCUT2D eigenvalue weighted by Gasteiger charge is 2.39. The first-order chi connectivity index (χ1) is 17.7. The van der Waals surface area contributed by atoms with Gasteiger partial charge in [0.05, 0.1) is 17.4 Å². The number of rotatable bonds is 7. The van der Waals surface area contributed by atoms with Gasteiger partial charge in [-0.25, -0.2) is 9.69 Å². The normalized spacial score (nSPS) is 16.4. The number of esters is 1. The van der Waals surface area contributed by atoms with Crippen molar-refractivity contribution in [2.45, 2.75) is 58.1 Å². The van der Waals surface area contributed by atoms with E-state index in [1.807, 2.05) is 7.05 Å². The minimum Gasteiger partial charge on any atom is -0.459 e. The summed E-state index contributed by atoms with van der Waals surface area (Å²) < 4.78 is 5.17. The number of imide groups is 1. The van der Waals surface area contributed by atoms with Crippen LogP contribution in [0.5, 0.6) is 0 Å². The van der Waals surface area contributed by atoms with Crippen LogP contribution in [0.2, 0.25) is 0 Å². The number of hydrogen-bond acceptors (Lipinski definition) is 6. The fraction of sp³-hybridized carbons (Fsp3) is 0.357. The van der Waals surface area contributed by atoms with Gasteiger partial charge in [0.15, 0.2) is 0 Å². The molecule has 194 valence electrons. The lowest BCUT2D eigenvalue weighted by Gasteiger charge is -2.31. The molecule has 0 bridgehead atoms. The van der Waals surface area contributed by atoms with Crippen molar-refractivity contribution in [3.8, 4) is 0 Å². The molecule has 1 saturated carbocycles. The number of ether oxygens (including phenoxy) is 1. The second-order valence-corrected chi connectivity index (χ2v) is 9.93. The van der Waals surface area contributed by atoms with Gasteiger partial charge in [-0.2, -0.15) is 0 Å². The molecule has 3 amide bonds. The summed E-state index contributed by atoms with van der Waals surface area (Å²) in [6.07, 6.45) is 5.16. The predicted molar refractivity (Wildman–Crippen MR) is 141 cm³/mol. The minimum absolute atomic E-state index is 0.0832. The molecule has 4 rings (SSSR count). The molecule has 2 aromatic carbocycles. The number of hydrogen-bond donors (Lipinski definition) is 1. The van der Waals surface area contributed by atoms with E-state index < -0.39 is 17.8 Å². The van der Waals surface area contributed by atoms with E-state index in [2.05, 4.69) is 5.32 Å². The van der Waals surface area contributed by atoms with Crippen LogP contribution in [-0.2, 0) is 14.3 Å². The molecule has 37 heavy (non-hydrogen) atoms. The molecule has 9 heteroatoms. The summed E-state index contributed by atoms with van der Waals surface area (Å²) in [5.41, 5.74) is 1.43. The summed E-state index contributed by atoms with van der Waals surface area (Å²) in [5, 5.41) is 2.67. The molecule has 1 aliphatic heterocycles. The van der Waals surface area contributed by atoms with Crippen LogP contribution < -0.4 is 10.2 Å². The van der Waals surface area contributed by atoms with Crippen molar-refractivity contribution in [2.75, 3.05) is 17.3 Å². The SMILES string of the molecule is CC(C)OC(=O)c1ccc(N2C(=O)C(Cl)=C(Nc3cccc(C(=O)N(C)C4CCCCC4)c3)C2=O)cc1. The minimum atomic E-state index is -0.684. The number of nitrogens with zero attached hydrogens (tertiary/aromatic N) is 2. The number of carbonyl (C=O) groups excluding carboxylic acids is 4. The van der Waals surface area contributed by atoms with Gasteiger partial charge in [0.2, 0.25) is 0 Å².